The number of rotatable bonds is 4. The van der Waals surface area contributed by atoms with Gasteiger partial charge in [0.1, 0.15) is 0 Å². The summed E-state index contributed by atoms with van der Waals surface area (Å²) in [5, 5.41) is 0. The van der Waals surface area contributed by atoms with Gasteiger partial charge in [-0.05, 0) is 117 Å². The second-order valence-corrected chi connectivity index (χ2v) is 15.0. The monoisotopic (exact) mass is 612 g/mol. The van der Waals surface area contributed by atoms with Crippen LogP contribution in [0.3, 0.4) is 0 Å². The van der Waals surface area contributed by atoms with Gasteiger partial charge in [-0.25, -0.2) is 0 Å². The second kappa shape index (κ2) is 10.6. The fourth-order valence-electron chi connectivity index (χ4n) is 10.2. The minimum atomic E-state index is 0.0540. The van der Waals surface area contributed by atoms with Gasteiger partial charge in [-0.2, -0.15) is 0 Å². The highest BCUT2D eigenvalue weighted by Gasteiger charge is 2.61. The number of fused-ring (bicyclic) bond motifs is 5. The molecule has 3 aromatic carbocycles. The number of hydrogen-bond acceptors (Lipinski definition) is 2. The van der Waals surface area contributed by atoms with Gasteiger partial charge in [0, 0.05) is 39.4 Å². The summed E-state index contributed by atoms with van der Waals surface area (Å²) < 4.78 is 0. The molecule has 0 bridgehead atoms. The average molecular weight is 613 g/mol. The minimum absolute atomic E-state index is 0.0540. The Bertz CT molecular complexity index is 2000. The smallest absolute Gasteiger partial charge is 0.247 e. The van der Waals surface area contributed by atoms with Gasteiger partial charge >= 0.3 is 0 Å². The quantitative estimate of drug-likeness (QED) is 0.271. The third-order valence-corrected chi connectivity index (χ3v) is 12.7. The van der Waals surface area contributed by atoms with E-state index in [1.807, 2.05) is 0 Å². The van der Waals surface area contributed by atoms with E-state index in [2.05, 4.69) is 141 Å². The molecule has 0 amide bonds. The van der Waals surface area contributed by atoms with Gasteiger partial charge in [0.05, 0.1) is 5.54 Å². The molecule has 47 heavy (non-hydrogen) atoms. The predicted octanol–water partition coefficient (Wildman–Crippen LogP) is 10.2. The number of anilines is 4. The van der Waals surface area contributed by atoms with Crippen LogP contribution in [0.2, 0.25) is 0 Å². The van der Waals surface area contributed by atoms with Gasteiger partial charge < -0.3 is 9.80 Å². The molecule has 2 nitrogen and oxygen atoms in total. The van der Waals surface area contributed by atoms with Crippen molar-refractivity contribution in [1.82, 2.24) is 0 Å². The summed E-state index contributed by atoms with van der Waals surface area (Å²) in [6.45, 7) is 10.1. The van der Waals surface area contributed by atoms with Crippen LogP contribution in [-0.4, -0.2) is 12.3 Å². The molecule has 6 aliphatic rings. The Morgan fingerprint density at radius 1 is 0.745 bits per heavy atom. The Labute approximate surface area is 281 Å². The molecular formula is C44H45BN2. The van der Waals surface area contributed by atoms with Crippen LogP contribution in [0.5, 0.6) is 0 Å². The molecule has 0 N–H and O–H groups in total. The van der Waals surface area contributed by atoms with E-state index in [4.69, 9.17) is 0 Å². The summed E-state index contributed by atoms with van der Waals surface area (Å²) in [5.41, 5.74) is 18.4. The van der Waals surface area contributed by atoms with Crippen LogP contribution in [-0.2, 0) is 5.41 Å². The van der Waals surface area contributed by atoms with Gasteiger partial charge in [0.25, 0.3) is 0 Å². The van der Waals surface area contributed by atoms with Gasteiger partial charge in [-0.3, -0.25) is 0 Å². The maximum Gasteiger partial charge on any atom is 0.247 e. The topological polar surface area (TPSA) is 6.48 Å². The molecule has 3 aliphatic heterocycles. The van der Waals surface area contributed by atoms with Gasteiger partial charge in [-0.15, -0.1) is 0 Å². The first-order valence-electron chi connectivity index (χ1n) is 18.0. The fourth-order valence-corrected chi connectivity index (χ4v) is 10.2. The van der Waals surface area contributed by atoms with E-state index in [9.17, 15) is 0 Å². The Balaban J connectivity index is 1.39. The Morgan fingerprint density at radius 3 is 2.19 bits per heavy atom. The van der Waals surface area contributed by atoms with Crippen LogP contribution >= 0.6 is 0 Å². The van der Waals surface area contributed by atoms with E-state index in [1.54, 1.807) is 5.56 Å². The summed E-state index contributed by atoms with van der Waals surface area (Å²) in [6.07, 6.45) is 23.9. The summed E-state index contributed by atoms with van der Waals surface area (Å²) >= 11 is 0. The van der Waals surface area contributed by atoms with Gasteiger partial charge in [0.2, 0.25) is 6.71 Å². The lowest BCUT2D eigenvalue weighted by atomic mass is 9.33. The molecule has 3 aliphatic carbocycles. The normalized spacial score (nSPS) is 26.0. The first-order chi connectivity index (χ1) is 22.9. The maximum atomic E-state index is 2.82. The molecule has 2 atom stereocenters. The van der Waals surface area contributed by atoms with Crippen LogP contribution in [0, 0.1) is 0 Å². The van der Waals surface area contributed by atoms with Crippen LogP contribution in [0.4, 0.5) is 22.7 Å². The van der Waals surface area contributed by atoms with E-state index >= 15 is 0 Å². The van der Waals surface area contributed by atoms with Crippen molar-refractivity contribution in [3.63, 3.8) is 0 Å². The molecule has 234 valence electrons. The van der Waals surface area contributed by atoms with Crippen molar-refractivity contribution in [3.8, 4) is 0 Å². The van der Waals surface area contributed by atoms with Crippen molar-refractivity contribution in [2.75, 3.05) is 9.80 Å². The SMILES string of the molecule is CC1=C(/C(C2=CCCC=C2)=C(\C)C2=CCCC=C2)N(c2ccccc2)c2cccc3c2B1c1cccc2c1N3C1(C)CCCCC21C. The van der Waals surface area contributed by atoms with E-state index < -0.39 is 0 Å². The minimum Gasteiger partial charge on any atom is -0.335 e. The van der Waals surface area contributed by atoms with Crippen molar-refractivity contribution < 1.29 is 0 Å². The van der Waals surface area contributed by atoms with Crippen LogP contribution in [0.15, 0.2) is 137 Å². The second-order valence-electron chi connectivity index (χ2n) is 15.0. The van der Waals surface area contributed by atoms with Crippen LogP contribution < -0.4 is 20.7 Å². The molecule has 1 saturated carbocycles. The van der Waals surface area contributed by atoms with E-state index in [1.165, 1.54) is 92.8 Å². The summed E-state index contributed by atoms with van der Waals surface area (Å²) in [5.74, 6) is 0. The lowest BCUT2D eigenvalue weighted by molar-refractivity contribution is 0.195. The molecule has 1 fully saturated rings. The summed E-state index contributed by atoms with van der Waals surface area (Å²) in [7, 11) is 0. The largest absolute Gasteiger partial charge is 0.335 e. The lowest BCUT2D eigenvalue weighted by Gasteiger charge is -2.53. The van der Waals surface area contributed by atoms with Gasteiger partial charge in [-0.1, -0.05) is 104 Å². The van der Waals surface area contributed by atoms with E-state index in [-0.39, 0.29) is 17.7 Å². The maximum absolute atomic E-state index is 2.82. The standard InChI is InChI=1S/C44H45BN2/c1-30(32-18-8-5-9-19-32)39(33-20-10-6-11-21-33)41-31(2)45-36-25-16-24-35-42(36)47(44(4)29-15-14-28-43(35,44)3)38-27-17-26-37(40(38)45)46(41)34-22-12-7-13-23-34/h7-8,10,12-13,16-27H,5-6,9,11,14-15,28-29H2,1-4H3/b39-30+. The third-order valence-electron chi connectivity index (χ3n) is 12.7. The molecule has 0 aromatic heterocycles. The van der Waals surface area contributed by atoms with Crippen molar-refractivity contribution in [3.05, 3.63) is 142 Å². The summed E-state index contributed by atoms with van der Waals surface area (Å²) in [6, 6.07) is 25.6. The highest BCUT2D eigenvalue weighted by atomic mass is 15.3. The molecule has 3 heteroatoms. The number of allylic oxidation sites excluding steroid dienone is 10. The average Bonchev–Trinajstić information content (AvgIpc) is 3.33. The van der Waals surface area contributed by atoms with Gasteiger partial charge in [0.15, 0.2) is 0 Å². The highest BCUT2D eigenvalue weighted by Crippen LogP contribution is 2.62. The third kappa shape index (κ3) is 3.92. The predicted molar refractivity (Wildman–Crippen MR) is 201 cm³/mol. The summed E-state index contributed by atoms with van der Waals surface area (Å²) in [4.78, 5) is 5.44. The van der Waals surface area contributed by atoms with Crippen LogP contribution in [0.25, 0.3) is 0 Å². The Kier molecular flexibility index (Phi) is 6.55. The number of benzene rings is 3. The zero-order chi connectivity index (χ0) is 31.9. The number of hydrogen-bond donors (Lipinski definition) is 0. The number of para-hydroxylation sites is 2. The lowest BCUT2D eigenvalue weighted by Crippen LogP contribution is -2.61. The van der Waals surface area contributed by atoms with E-state index in [0.29, 0.717) is 0 Å². The van der Waals surface area contributed by atoms with Crippen LogP contribution in [0.1, 0.15) is 84.6 Å². The molecule has 9 rings (SSSR count). The molecule has 2 unspecified atom stereocenters. The van der Waals surface area contributed by atoms with Crippen molar-refractivity contribution in [1.29, 1.82) is 0 Å². The molecule has 0 radical (unpaired) electrons. The molecule has 0 spiro atoms. The number of nitrogens with zero attached hydrogens (tertiary/aromatic N) is 2. The molecule has 3 aromatic rings. The molecular weight excluding hydrogens is 567 g/mol. The first-order valence-corrected chi connectivity index (χ1v) is 18.0. The van der Waals surface area contributed by atoms with Crippen molar-refractivity contribution >= 4 is 40.4 Å². The molecule has 0 saturated heterocycles. The molecule has 3 heterocycles. The van der Waals surface area contributed by atoms with Crippen molar-refractivity contribution in [2.45, 2.75) is 90.0 Å². The zero-order valence-electron chi connectivity index (χ0n) is 28.4. The first kappa shape index (κ1) is 28.9. The Morgan fingerprint density at radius 2 is 1.45 bits per heavy atom. The highest BCUT2D eigenvalue weighted by molar-refractivity contribution is 6.95. The van der Waals surface area contributed by atoms with E-state index in [0.717, 1.165) is 25.7 Å². The Hall–Kier alpha value is -4.24. The fraction of sp³-hybridized carbons (Fsp3) is 0.318. The van der Waals surface area contributed by atoms with Crippen molar-refractivity contribution in [2.24, 2.45) is 0 Å². The zero-order valence-corrected chi connectivity index (χ0v) is 28.4.